The van der Waals surface area contributed by atoms with Gasteiger partial charge in [0.1, 0.15) is 18.2 Å². The van der Waals surface area contributed by atoms with Crippen LogP contribution in [0.3, 0.4) is 0 Å². The number of aryl methyl sites for hydroxylation is 2. The van der Waals surface area contributed by atoms with E-state index in [0.717, 1.165) is 39.3 Å². The zero-order valence-corrected chi connectivity index (χ0v) is 20.1. The maximum Gasteiger partial charge on any atom is 0.254 e. The van der Waals surface area contributed by atoms with Crippen LogP contribution in [0.1, 0.15) is 27.3 Å². The molecular weight excluding hydrogens is 450 g/mol. The van der Waals surface area contributed by atoms with Gasteiger partial charge in [0, 0.05) is 23.9 Å². The molecule has 174 valence electrons. The number of nitrogens with zero attached hydrogens (tertiary/aromatic N) is 2. The normalized spacial score (nSPS) is 13.9. The Bertz CT molecular complexity index is 1540. The average molecular weight is 476 g/mol. The maximum atomic E-state index is 13.3. The number of hydrogen-bond acceptors (Lipinski definition) is 5. The molecule has 0 bridgehead atoms. The zero-order valence-electron chi connectivity index (χ0n) is 19.3. The van der Waals surface area contributed by atoms with E-state index in [2.05, 4.69) is 22.1 Å². The Kier molecular flexibility index (Phi) is 5.40. The smallest absolute Gasteiger partial charge is 0.254 e. The van der Waals surface area contributed by atoms with Crippen molar-refractivity contribution in [2.75, 3.05) is 19.4 Å². The highest BCUT2D eigenvalue weighted by Crippen LogP contribution is 2.31. The molecule has 5 rings (SSSR count). The first kappa shape index (κ1) is 22.2. The van der Waals surface area contributed by atoms with Crippen LogP contribution < -0.4 is 4.74 Å². The Morgan fingerprint density at radius 1 is 1.03 bits per heavy atom. The van der Waals surface area contributed by atoms with Crippen LogP contribution in [0.15, 0.2) is 59.5 Å². The van der Waals surface area contributed by atoms with Crippen LogP contribution in [0.2, 0.25) is 0 Å². The number of carbonyl (C=O) groups excluding carboxylic acids is 1. The third-order valence-electron chi connectivity index (χ3n) is 6.08. The summed E-state index contributed by atoms with van der Waals surface area (Å²) in [6.07, 6.45) is 1.17. The van der Waals surface area contributed by atoms with Crippen molar-refractivity contribution < 1.29 is 17.9 Å². The molecule has 1 aliphatic rings. The second-order valence-corrected chi connectivity index (χ2v) is 10.7. The molecule has 34 heavy (non-hydrogen) atoms. The van der Waals surface area contributed by atoms with Gasteiger partial charge < -0.3 is 14.6 Å². The van der Waals surface area contributed by atoms with Crippen LogP contribution >= 0.6 is 0 Å². The number of ether oxygens (including phenoxy) is 1. The van der Waals surface area contributed by atoms with Gasteiger partial charge in [0.05, 0.1) is 22.5 Å². The molecule has 2 heterocycles. The van der Waals surface area contributed by atoms with E-state index >= 15 is 0 Å². The fraction of sp³-hybridized carbons (Fsp3) is 0.231. The van der Waals surface area contributed by atoms with E-state index in [4.69, 9.17) is 4.74 Å². The van der Waals surface area contributed by atoms with Gasteiger partial charge in [0.15, 0.2) is 9.84 Å². The molecule has 1 N–H and O–H groups in total. The number of sulfone groups is 1. The highest BCUT2D eigenvalue weighted by molar-refractivity contribution is 7.90. The topological polar surface area (TPSA) is 92.4 Å². The van der Waals surface area contributed by atoms with Gasteiger partial charge in [-0.15, -0.1) is 0 Å². The summed E-state index contributed by atoms with van der Waals surface area (Å²) in [6, 6.07) is 16.9. The number of aromatic nitrogens is 2. The van der Waals surface area contributed by atoms with Crippen molar-refractivity contribution in [1.29, 1.82) is 0 Å². The molecule has 7 nitrogen and oxygen atoms in total. The molecule has 4 aromatic rings. The van der Waals surface area contributed by atoms with Gasteiger partial charge in [-0.2, -0.15) is 0 Å². The molecule has 0 aliphatic carbocycles. The van der Waals surface area contributed by atoms with Gasteiger partial charge in [-0.05, 0) is 73.0 Å². The van der Waals surface area contributed by atoms with E-state index in [0.29, 0.717) is 30.8 Å². The summed E-state index contributed by atoms with van der Waals surface area (Å²) in [5, 5.41) is 0. The van der Waals surface area contributed by atoms with Gasteiger partial charge in [-0.3, -0.25) is 4.79 Å². The molecular formula is C26H25N3O4S. The summed E-state index contributed by atoms with van der Waals surface area (Å²) in [5.74, 6) is 1.48. The Labute approximate surface area is 198 Å². The first-order valence-corrected chi connectivity index (χ1v) is 12.9. The van der Waals surface area contributed by atoms with Crippen LogP contribution in [0.5, 0.6) is 5.75 Å². The number of rotatable bonds is 3. The van der Waals surface area contributed by atoms with Crippen molar-refractivity contribution in [1.82, 2.24) is 14.9 Å². The highest BCUT2D eigenvalue weighted by Gasteiger charge is 2.23. The Morgan fingerprint density at radius 3 is 2.56 bits per heavy atom. The molecule has 0 spiro atoms. The molecule has 3 aromatic carbocycles. The number of fused-ring (bicyclic) bond motifs is 2. The maximum absolute atomic E-state index is 13.3. The number of hydrogen-bond donors (Lipinski definition) is 1. The number of carbonyl (C=O) groups is 1. The lowest BCUT2D eigenvalue weighted by molar-refractivity contribution is 0.0733. The van der Waals surface area contributed by atoms with Crippen molar-refractivity contribution in [2.45, 2.75) is 25.3 Å². The third-order valence-corrected chi connectivity index (χ3v) is 7.34. The summed E-state index contributed by atoms with van der Waals surface area (Å²) in [6.45, 7) is 4.87. The quantitative estimate of drug-likeness (QED) is 0.477. The fourth-order valence-corrected chi connectivity index (χ4v) is 5.40. The van der Waals surface area contributed by atoms with Crippen LogP contribution in [0, 0.1) is 13.8 Å². The van der Waals surface area contributed by atoms with E-state index in [9.17, 15) is 13.2 Å². The van der Waals surface area contributed by atoms with Crippen molar-refractivity contribution in [3.8, 4) is 16.9 Å². The molecule has 0 radical (unpaired) electrons. The number of imidazole rings is 1. The summed E-state index contributed by atoms with van der Waals surface area (Å²) in [4.78, 5) is 23.0. The lowest BCUT2D eigenvalue weighted by Gasteiger charge is -2.20. The van der Waals surface area contributed by atoms with Crippen molar-refractivity contribution in [2.24, 2.45) is 0 Å². The molecule has 0 saturated heterocycles. The van der Waals surface area contributed by atoms with E-state index < -0.39 is 9.84 Å². The summed E-state index contributed by atoms with van der Waals surface area (Å²) >= 11 is 0. The van der Waals surface area contributed by atoms with Crippen LogP contribution in [-0.2, 0) is 16.4 Å². The molecule has 1 aliphatic heterocycles. The second kappa shape index (κ2) is 8.29. The number of benzene rings is 3. The van der Waals surface area contributed by atoms with E-state index in [1.54, 1.807) is 24.0 Å². The van der Waals surface area contributed by atoms with Gasteiger partial charge in [-0.25, -0.2) is 13.4 Å². The van der Waals surface area contributed by atoms with Crippen LogP contribution in [0.4, 0.5) is 0 Å². The number of aromatic amines is 1. The van der Waals surface area contributed by atoms with Gasteiger partial charge in [-0.1, -0.05) is 12.1 Å². The predicted octanol–water partition coefficient (Wildman–Crippen LogP) is 4.29. The van der Waals surface area contributed by atoms with Crippen molar-refractivity contribution in [3.05, 3.63) is 77.1 Å². The molecule has 8 heteroatoms. The SMILES string of the molecule is Cc1nc2ccc(-c3ccc4c(c3)CN(C(=O)c3ccc(S(C)(=O)=O)c(C)c3)CCO4)cc2[nH]1. The minimum Gasteiger partial charge on any atom is -0.491 e. The average Bonchev–Trinajstić information content (AvgIpc) is 3.03. The Balaban J connectivity index is 1.44. The third kappa shape index (κ3) is 4.17. The largest absolute Gasteiger partial charge is 0.491 e. The van der Waals surface area contributed by atoms with Crippen molar-refractivity contribution in [3.63, 3.8) is 0 Å². The van der Waals surface area contributed by atoms with Crippen LogP contribution in [0.25, 0.3) is 22.2 Å². The van der Waals surface area contributed by atoms with Crippen LogP contribution in [-0.4, -0.2) is 48.6 Å². The zero-order chi connectivity index (χ0) is 24.0. The van der Waals surface area contributed by atoms with E-state index in [1.165, 1.54) is 12.3 Å². The van der Waals surface area contributed by atoms with Gasteiger partial charge >= 0.3 is 0 Å². The van der Waals surface area contributed by atoms with E-state index in [-0.39, 0.29) is 10.8 Å². The molecule has 1 aromatic heterocycles. The van der Waals surface area contributed by atoms with E-state index in [1.807, 2.05) is 31.2 Å². The van der Waals surface area contributed by atoms with Gasteiger partial charge in [0.25, 0.3) is 5.91 Å². The number of amides is 1. The second-order valence-electron chi connectivity index (χ2n) is 8.70. The monoisotopic (exact) mass is 475 g/mol. The Hall–Kier alpha value is -3.65. The fourth-order valence-electron chi connectivity index (χ4n) is 4.44. The summed E-state index contributed by atoms with van der Waals surface area (Å²) < 4.78 is 29.8. The molecule has 1 amide bonds. The Morgan fingerprint density at radius 2 is 1.79 bits per heavy atom. The van der Waals surface area contributed by atoms with Crippen molar-refractivity contribution >= 4 is 26.8 Å². The number of H-pyrrole nitrogens is 1. The lowest BCUT2D eigenvalue weighted by atomic mass is 10.0. The standard InChI is InChI=1S/C26H25N3O4S/c1-16-12-20(6-9-25(16)34(3,31)32)26(30)29-10-11-33-24-8-5-18(13-21(24)15-29)19-4-7-22-23(14-19)28-17(2)27-22/h4-9,12-14H,10-11,15H2,1-3H3,(H,27,28). The molecule has 0 atom stereocenters. The lowest BCUT2D eigenvalue weighted by Crippen LogP contribution is -2.32. The highest BCUT2D eigenvalue weighted by atomic mass is 32.2. The predicted molar refractivity (Wildman–Crippen MR) is 131 cm³/mol. The summed E-state index contributed by atoms with van der Waals surface area (Å²) in [7, 11) is -3.34. The molecule has 0 saturated carbocycles. The van der Waals surface area contributed by atoms with Gasteiger partial charge in [0.2, 0.25) is 0 Å². The minimum absolute atomic E-state index is 0.153. The first-order valence-electron chi connectivity index (χ1n) is 11.0. The number of nitrogens with one attached hydrogen (secondary N) is 1. The summed E-state index contributed by atoms with van der Waals surface area (Å²) in [5.41, 5.74) is 5.93. The molecule has 0 fully saturated rings. The molecule has 0 unspecified atom stereocenters. The first-order chi connectivity index (χ1) is 16.2. The minimum atomic E-state index is -3.34.